The minimum absolute atomic E-state index is 0.200. The van der Waals surface area contributed by atoms with Gasteiger partial charge in [0.25, 0.3) is 0 Å². The Kier molecular flexibility index (Phi) is 5.52. The molecule has 1 aromatic rings. The zero-order chi connectivity index (χ0) is 17.9. The highest BCUT2D eigenvalue weighted by atomic mass is 16.6. The number of amides is 1. The zero-order valence-electron chi connectivity index (χ0n) is 15.6. The van der Waals surface area contributed by atoms with Gasteiger partial charge in [0.15, 0.2) is 11.5 Å². The topological polar surface area (TPSA) is 50.8 Å². The Balaban J connectivity index is 1.67. The average molecular weight is 346 g/mol. The van der Waals surface area contributed by atoms with Gasteiger partial charge in [0.2, 0.25) is 5.91 Å². The first-order valence-corrected chi connectivity index (χ1v) is 9.42. The minimum atomic E-state index is -0.565. The Bertz CT molecular complexity index is 607. The van der Waals surface area contributed by atoms with E-state index < -0.39 is 5.41 Å². The fourth-order valence-corrected chi connectivity index (χ4v) is 3.64. The van der Waals surface area contributed by atoms with Gasteiger partial charge in [-0.3, -0.25) is 4.79 Å². The largest absolute Gasteiger partial charge is 0.486 e. The van der Waals surface area contributed by atoms with Gasteiger partial charge in [0, 0.05) is 13.1 Å². The molecule has 1 saturated heterocycles. The van der Waals surface area contributed by atoms with Gasteiger partial charge in [-0.1, -0.05) is 13.0 Å². The number of carbonyl (C=O) groups excluding carboxylic acids is 1. The Morgan fingerprint density at radius 1 is 1.20 bits per heavy atom. The fourth-order valence-electron chi connectivity index (χ4n) is 3.64. The normalized spacial score (nSPS) is 18.3. The Labute approximate surface area is 150 Å². The molecule has 138 valence electrons. The van der Waals surface area contributed by atoms with E-state index in [4.69, 9.17) is 9.47 Å². The number of fused-ring (bicyclic) bond motifs is 1. The number of hydrogen-bond donors (Lipinski definition) is 1. The van der Waals surface area contributed by atoms with Crippen molar-refractivity contribution in [2.75, 3.05) is 39.4 Å². The Hall–Kier alpha value is -1.75. The van der Waals surface area contributed by atoms with E-state index in [0.717, 1.165) is 56.1 Å². The van der Waals surface area contributed by atoms with Crippen LogP contribution in [0.1, 0.15) is 39.2 Å². The first-order chi connectivity index (χ1) is 12.0. The molecular formula is C20H30N2O3. The lowest BCUT2D eigenvalue weighted by Gasteiger charge is -2.37. The Morgan fingerprint density at radius 2 is 1.88 bits per heavy atom. The molecule has 5 heteroatoms. The van der Waals surface area contributed by atoms with Crippen LogP contribution in [0.2, 0.25) is 0 Å². The summed E-state index contributed by atoms with van der Waals surface area (Å²) in [6, 6.07) is 5.87. The average Bonchev–Trinajstić information content (AvgIpc) is 2.65. The second kappa shape index (κ2) is 7.65. The summed E-state index contributed by atoms with van der Waals surface area (Å²) >= 11 is 0. The number of benzene rings is 1. The molecule has 1 amide bonds. The second-order valence-electron chi connectivity index (χ2n) is 7.53. The third-order valence-corrected chi connectivity index (χ3v) is 5.38. The van der Waals surface area contributed by atoms with Crippen LogP contribution in [0, 0.1) is 5.92 Å². The molecule has 2 aliphatic rings. The molecule has 0 atom stereocenters. The number of hydrogen-bond acceptors (Lipinski definition) is 4. The number of carbonyl (C=O) groups is 1. The number of rotatable bonds is 5. The summed E-state index contributed by atoms with van der Waals surface area (Å²) in [6.07, 6.45) is 2.16. The number of ether oxygens (including phenoxy) is 2. The predicted octanol–water partition coefficient (Wildman–Crippen LogP) is 2.58. The van der Waals surface area contributed by atoms with Crippen molar-refractivity contribution in [3.8, 4) is 11.5 Å². The summed E-state index contributed by atoms with van der Waals surface area (Å²) in [6.45, 7) is 11.1. The maximum Gasteiger partial charge on any atom is 0.232 e. The summed E-state index contributed by atoms with van der Waals surface area (Å²) in [7, 11) is 0. The van der Waals surface area contributed by atoms with Crippen molar-refractivity contribution >= 4 is 5.91 Å². The molecule has 1 fully saturated rings. The van der Waals surface area contributed by atoms with Gasteiger partial charge in [-0.25, -0.2) is 0 Å². The van der Waals surface area contributed by atoms with Gasteiger partial charge in [0.1, 0.15) is 13.2 Å². The third-order valence-electron chi connectivity index (χ3n) is 5.38. The number of nitrogens with zero attached hydrogens (tertiary/aromatic N) is 1. The number of piperidine rings is 1. The van der Waals surface area contributed by atoms with Gasteiger partial charge in [-0.05, 0) is 63.4 Å². The summed E-state index contributed by atoms with van der Waals surface area (Å²) in [5.74, 6) is 2.39. The minimum Gasteiger partial charge on any atom is -0.486 e. The van der Waals surface area contributed by atoms with Crippen molar-refractivity contribution in [1.29, 1.82) is 0 Å². The fraction of sp³-hybridized carbons (Fsp3) is 0.650. The summed E-state index contributed by atoms with van der Waals surface area (Å²) in [5.41, 5.74) is 0.418. The van der Waals surface area contributed by atoms with E-state index in [9.17, 15) is 4.79 Å². The molecule has 0 bridgehead atoms. The maximum absolute atomic E-state index is 13.1. The molecule has 0 radical (unpaired) electrons. The second-order valence-corrected chi connectivity index (χ2v) is 7.53. The number of nitrogens with one attached hydrogen (secondary N) is 1. The molecule has 5 nitrogen and oxygen atoms in total. The van der Waals surface area contributed by atoms with Crippen LogP contribution in [0.5, 0.6) is 11.5 Å². The van der Waals surface area contributed by atoms with Crippen molar-refractivity contribution in [3.05, 3.63) is 23.8 Å². The summed E-state index contributed by atoms with van der Waals surface area (Å²) in [4.78, 5) is 15.2. The monoisotopic (exact) mass is 346 g/mol. The predicted molar refractivity (Wildman–Crippen MR) is 98.3 cm³/mol. The van der Waals surface area contributed by atoms with Crippen LogP contribution >= 0.6 is 0 Å². The van der Waals surface area contributed by atoms with Crippen LogP contribution in [-0.2, 0) is 10.2 Å². The molecule has 1 N–H and O–H groups in total. The van der Waals surface area contributed by atoms with Gasteiger partial charge in [0.05, 0.1) is 5.41 Å². The van der Waals surface area contributed by atoms with Crippen LogP contribution in [0.15, 0.2) is 18.2 Å². The van der Waals surface area contributed by atoms with Gasteiger partial charge in [-0.15, -0.1) is 0 Å². The highest BCUT2D eigenvalue weighted by Gasteiger charge is 2.36. The molecule has 2 heterocycles. The van der Waals surface area contributed by atoms with Gasteiger partial charge >= 0.3 is 0 Å². The number of likely N-dealkylation sites (tertiary alicyclic amines) is 1. The van der Waals surface area contributed by atoms with Gasteiger partial charge in [-0.2, -0.15) is 0 Å². The van der Waals surface area contributed by atoms with Crippen LogP contribution in [0.25, 0.3) is 0 Å². The van der Waals surface area contributed by atoms with E-state index in [0.29, 0.717) is 19.1 Å². The molecule has 0 saturated carbocycles. The van der Waals surface area contributed by atoms with Gasteiger partial charge < -0.3 is 19.7 Å². The maximum atomic E-state index is 13.1. The summed E-state index contributed by atoms with van der Waals surface area (Å²) in [5, 5.41) is 3.42. The zero-order valence-corrected chi connectivity index (χ0v) is 15.6. The van der Waals surface area contributed by atoms with E-state index in [-0.39, 0.29) is 5.91 Å². The lowest BCUT2D eigenvalue weighted by Crippen LogP contribution is -2.48. The van der Waals surface area contributed by atoms with E-state index in [1.165, 1.54) is 0 Å². The van der Waals surface area contributed by atoms with Crippen LogP contribution < -0.4 is 14.8 Å². The van der Waals surface area contributed by atoms with Crippen molar-refractivity contribution < 1.29 is 14.3 Å². The van der Waals surface area contributed by atoms with Crippen molar-refractivity contribution in [2.45, 2.75) is 39.0 Å². The van der Waals surface area contributed by atoms with E-state index in [1.807, 2.05) is 36.9 Å². The van der Waals surface area contributed by atoms with Crippen molar-refractivity contribution in [3.63, 3.8) is 0 Å². The molecule has 0 spiro atoms. The quantitative estimate of drug-likeness (QED) is 0.890. The lowest BCUT2D eigenvalue weighted by atomic mass is 9.82. The highest BCUT2D eigenvalue weighted by Crippen LogP contribution is 2.36. The molecular weight excluding hydrogens is 316 g/mol. The summed E-state index contributed by atoms with van der Waals surface area (Å²) < 4.78 is 11.3. The first-order valence-electron chi connectivity index (χ1n) is 9.42. The van der Waals surface area contributed by atoms with E-state index >= 15 is 0 Å². The van der Waals surface area contributed by atoms with Crippen LogP contribution in [-0.4, -0.2) is 50.2 Å². The van der Waals surface area contributed by atoms with E-state index in [2.05, 4.69) is 12.2 Å². The van der Waals surface area contributed by atoms with Crippen molar-refractivity contribution in [1.82, 2.24) is 10.2 Å². The van der Waals surface area contributed by atoms with Crippen molar-refractivity contribution in [2.24, 2.45) is 5.92 Å². The molecule has 2 aliphatic heterocycles. The molecule has 3 rings (SSSR count). The highest BCUT2D eigenvalue weighted by molar-refractivity contribution is 5.87. The van der Waals surface area contributed by atoms with Crippen LogP contribution in [0.4, 0.5) is 0 Å². The van der Waals surface area contributed by atoms with E-state index in [1.54, 1.807) is 0 Å². The molecule has 0 aliphatic carbocycles. The molecule has 0 unspecified atom stereocenters. The smallest absolute Gasteiger partial charge is 0.232 e. The molecule has 25 heavy (non-hydrogen) atoms. The Morgan fingerprint density at radius 3 is 2.56 bits per heavy atom. The standard InChI is InChI=1S/C20H30N2O3/c1-4-21-14-15-7-9-22(10-8-15)19(23)20(2,3)16-5-6-17-18(13-16)25-12-11-24-17/h5-6,13,15,21H,4,7-12,14H2,1-3H3. The molecule has 0 aromatic heterocycles. The SMILES string of the molecule is CCNCC1CCN(C(=O)C(C)(C)c2ccc3c(c2)OCCO3)CC1. The lowest BCUT2D eigenvalue weighted by molar-refractivity contribution is -0.137. The third kappa shape index (κ3) is 3.92. The molecule has 1 aromatic carbocycles. The van der Waals surface area contributed by atoms with Crippen LogP contribution in [0.3, 0.4) is 0 Å². The first kappa shape index (κ1) is 18.1.